The van der Waals surface area contributed by atoms with Crippen molar-refractivity contribution in [2.45, 2.75) is 33.7 Å². The molecule has 0 aliphatic carbocycles. The predicted octanol–water partition coefficient (Wildman–Crippen LogP) is 5.03. The molecule has 1 atom stereocenters. The summed E-state index contributed by atoms with van der Waals surface area (Å²) in [5, 5.41) is 7.60. The molecule has 5 nitrogen and oxygen atoms in total. The van der Waals surface area contributed by atoms with Crippen LogP contribution in [0.25, 0.3) is 6.08 Å². The van der Waals surface area contributed by atoms with E-state index in [4.69, 9.17) is 4.74 Å². The normalized spacial score (nSPS) is 12.2. The number of aryl methyl sites for hydroxylation is 3. The van der Waals surface area contributed by atoms with Gasteiger partial charge in [0.05, 0.1) is 6.04 Å². The molecule has 0 saturated heterocycles. The molecule has 2 amide bonds. The first kappa shape index (κ1) is 23.3. The predicted molar refractivity (Wildman–Crippen MR) is 130 cm³/mol. The van der Waals surface area contributed by atoms with Crippen LogP contribution in [0.3, 0.4) is 0 Å². The molecule has 0 aliphatic heterocycles. The Balaban J connectivity index is 1.68. The van der Waals surface area contributed by atoms with Gasteiger partial charge in [0, 0.05) is 10.4 Å². The third-order valence-corrected chi connectivity index (χ3v) is 5.78. The number of hydrogen-bond acceptors (Lipinski definition) is 4. The van der Waals surface area contributed by atoms with Gasteiger partial charge < -0.3 is 15.4 Å². The molecule has 3 rings (SSSR count). The van der Waals surface area contributed by atoms with Gasteiger partial charge in [-0.05, 0) is 80.6 Å². The van der Waals surface area contributed by atoms with Crippen LogP contribution in [-0.2, 0) is 4.79 Å². The average Bonchev–Trinajstić information content (AvgIpc) is 3.27. The van der Waals surface area contributed by atoms with Crippen molar-refractivity contribution in [2.24, 2.45) is 0 Å². The van der Waals surface area contributed by atoms with Gasteiger partial charge in [-0.15, -0.1) is 11.3 Å². The van der Waals surface area contributed by atoms with Crippen molar-refractivity contribution < 1.29 is 14.3 Å². The van der Waals surface area contributed by atoms with Crippen molar-refractivity contribution in [2.75, 3.05) is 6.61 Å². The molecule has 0 saturated carbocycles. The molecule has 0 aliphatic rings. The molecule has 1 aromatic heterocycles. The lowest BCUT2D eigenvalue weighted by molar-refractivity contribution is -0.118. The Hall–Kier alpha value is -3.38. The summed E-state index contributed by atoms with van der Waals surface area (Å²) in [6.07, 6.45) is 1.69. The second kappa shape index (κ2) is 10.8. The molecule has 1 heterocycles. The van der Waals surface area contributed by atoms with Crippen LogP contribution in [0.4, 0.5) is 0 Å². The van der Waals surface area contributed by atoms with Crippen molar-refractivity contribution in [1.82, 2.24) is 10.6 Å². The maximum absolute atomic E-state index is 13.0. The second-order valence-electron chi connectivity index (χ2n) is 7.83. The van der Waals surface area contributed by atoms with Gasteiger partial charge in [-0.2, -0.15) is 0 Å². The van der Waals surface area contributed by atoms with Crippen LogP contribution in [0.5, 0.6) is 5.75 Å². The first-order chi connectivity index (χ1) is 15.3. The highest BCUT2D eigenvalue weighted by Gasteiger charge is 2.17. The Bertz CT molecular complexity index is 1120. The van der Waals surface area contributed by atoms with E-state index < -0.39 is 0 Å². The van der Waals surface area contributed by atoms with Gasteiger partial charge in [0.25, 0.3) is 11.8 Å². The SMILES string of the molecule is Cc1cccc(C(=O)N/C(=C\c2cccs2)C(=O)NC(C)COc2ccc(C)c(C)c2)c1. The summed E-state index contributed by atoms with van der Waals surface area (Å²) in [6.45, 7) is 8.18. The molecule has 0 spiro atoms. The molecule has 6 heteroatoms. The number of thiophene rings is 1. The highest BCUT2D eigenvalue weighted by molar-refractivity contribution is 7.10. The van der Waals surface area contributed by atoms with Crippen LogP contribution in [0.1, 0.15) is 38.8 Å². The van der Waals surface area contributed by atoms with Gasteiger partial charge in [-0.1, -0.05) is 29.8 Å². The van der Waals surface area contributed by atoms with E-state index in [9.17, 15) is 9.59 Å². The minimum atomic E-state index is -0.365. The molecule has 1 unspecified atom stereocenters. The Kier molecular flexibility index (Phi) is 7.84. The Morgan fingerprint density at radius 2 is 1.84 bits per heavy atom. The quantitative estimate of drug-likeness (QED) is 0.475. The molecule has 0 radical (unpaired) electrons. The van der Waals surface area contributed by atoms with E-state index in [0.29, 0.717) is 12.2 Å². The van der Waals surface area contributed by atoms with Gasteiger partial charge in [-0.3, -0.25) is 9.59 Å². The summed E-state index contributed by atoms with van der Waals surface area (Å²) in [4.78, 5) is 26.6. The molecule has 3 aromatic rings. The van der Waals surface area contributed by atoms with Gasteiger partial charge in [0.1, 0.15) is 18.1 Å². The maximum Gasteiger partial charge on any atom is 0.268 e. The number of ether oxygens (including phenoxy) is 1. The van der Waals surface area contributed by atoms with Crippen LogP contribution in [-0.4, -0.2) is 24.5 Å². The minimum absolute atomic E-state index is 0.192. The van der Waals surface area contributed by atoms with Gasteiger partial charge in [-0.25, -0.2) is 0 Å². The Labute approximate surface area is 193 Å². The zero-order valence-electron chi connectivity index (χ0n) is 18.8. The van der Waals surface area contributed by atoms with Gasteiger partial charge >= 0.3 is 0 Å². The average molecular weight is 449 g/mol. The van der Waals surface area contributed by atoms with Gasteiger partial charge in [0.2, 0.25) is 0 Å². The van der Waals surface area contributed by atoms with Crippen molar-refractivity contribution in [3.63, 3.8) is 0 Å². The molecule has 2 aromatic carbocycles. The third kappa shape index (κ3) is 6.56. The van der Waals surface area contributed by atoms with Crippen LogP contribution >= 0.6 is 11.3 Å². The van der Waals surface area contributed by atoms with Crippen LogP contribution in [0.15, 0.2) is 65.7 Å². The Morgan fingerprint density at radius 3 is 2.53 bits per heavy atom. The number of carbonyl (C=O) groups is 2. The highest BCUT2D eigenvalue weighted by atomic mass is 32.1. The zero-order valence-corrected chi connectivity index (χ0v) is 19.6. The minimum Gasteiger partial charge on any atom is -0.491 e. The molecular formula is C26H28N2O3S. The lowest BCUT2D eigenvalue weighted by Gasteiger charge is -2.17. The first-order valence-corrected chi connectivity index (χ1v) is 11.3. The highest BCUT2D eigenvalue weighted by Crippen LogP contribution is 2.17. The molecular weight excluding hydrogens is 420 g/mol. The standard InChI is InChI=1S/C26H28N2O3S/c1-17-7-5-8-21(13-17)25(29)28-24(15-23-9-6-12-32-23)26(30)27-20(4)16-31-22-11-10-18(2)19(3)14-22/h5-15,20H,16H2,1-4H3,(H,27,30)(H,28,29)/b24-15-. The van der Waals surface area contributed by atoms with E-state index in [0.717, 1.165) is 21.8 Å². The summed E-state index contributed by atoms with van der Waals surface area (Å²) in [5.74, 6) is 0.0672. The van der Waals surface area contributed by atoms with Crippen LogP contribution < -0.4 is 15.4 Å². The van der Waals surface area contributed by atoms with Crippen molar-refractivity contribution >= 4 is 29.2 Å². The van der Waals surface area contributed by atoms with E-state index in [1.54, 1.807) is 18.2 Å². The molecule has 0 bridgehead atoms. The van der Waals surface area contributed by atoms with E-state index >= 15 is 0 Å². The van der Waals surface area contributed by atoms with Crippen LogP contribution in [0, 0.1) is 20.8 Å². The van der Waals surface area contributed by atoms with E-state index in [1.165, 1.54) is 16.9 Å². The van der Waals surface area contributed by atoms with E-state index in [-0.39, 0.29) is 23.6 Å². The fourth-order valence-corrected chi connectivity index (χ4v) is 3.68. The van der Waals surface area contributed by atoms with Crippen molar-refractivity contribution in [3.05, 3.63) is 92.8 Å². The molecule has 0 fully saturated rings. The lowest BCUT2D eigenvalue weighted by atomic mass is 10.1. The second-order valence-corrected chi connectivity index (χ2v) is 8.81. The molecule has 2 N–H and O–H groups in total. The fraction of sp³-hybridized carbons (Fsp3) is 0.231. The summed E-state index contributed by atoms with van der Waals surface area (Å²) >= 11 is 1.49. The topological polar surface area (TPSA) is 67.4 Å². The largest absolute Gasteiger partial charge is 0.491 e. The Morgan fingerprint density at radius 1 is 1.03 bits per heavy atom. The number of nitrogens with one attached hydrogen (secondary N) is 2. The number of benzene rings is 2. The fourth-order valence-electron chi connectivity index (χ4n) is 3.02. The number of hydrogen-bond donors (Lipinski definition) is 2. The number of carbonyl (C=O) groups excluding carboxylic acids is 2. The smallest absolute Gasteiger partial charge is 0.268 e. The maximum atomic E-state index is 13.0. The molecule has 32 heavy (non-hydrogen) atoms. The lowest BCUT2D eigenvalue weighted by Crippen LogP contribution is -2.41. The summed E-state index contributed by atoms with van der Waals surface area (Å²) in [6, 6.07) is 16.7. The first-order valence-electron chi connectivity index (χ1n) is 10.5. The zero-order chi connectivity index (χ0) is 23.1. The monoisotopic (exact) mass is 448 g/mol. The van der Waals surface area contributed by atoms with E-state index in [1.807, 2.05) is 68.6 Å². The van der Waals surface area contributed by atoms with Crippen molar-refractivity contribution in [3.8, 4) is 5.75 Å². The summed E-state index contributed by atoms with van der Waals surface area (Å²) < 4.78 is 5.83. The number of amides is 2. The van der Waals surface area contributed by atoms with Gasteiger partial charge in [0.15, 0.2) is 0 Å². The van der Waals surface area contributed by atoms with Crippen molar-refractivity contribution in [1.29, 1.82) is 0 Å². The molecule has 166 valence electrons. The van der Waals surface area contributed by atoms with E-state index in [2.05, 4.69) is 17.6 Å². The van der Waals surface area contributed by atoms with Crippen LogP contribution in [0.2, 0.25) is 0 Å². The third-order valence-electron chi connectivity index (χ3n) is 4.96. The summed E-state index contributed by atoms with van der Waals surface area (Å²) in [7, 11) is 0. The number of rotatable bonds is 8. The summed E-state index contributed by atoms with van der Waals surface area (Å²) in [5.41, 5.74) is 4.02.